The van der Waals surface area contributed by atoms with Crippen molar-refractivity contribution in [2.24, 2.45) is 0 Å². The lowest BCUT2D eigenvalue weighted by atomic mass is 9.77. The minimum atomic E-state index is -0.134. The fourth-order valence-corrected chi connectivity index (χ4v) is 3.08. The number of amides is 1. The predicted octanol–water partition coefficient (Wildman–Crippen LogP) is 2.72. The monoisotopic (exact) mass is 303 g/mol. The first-order valence-corrected chi connectivity index (χ1v) is 7.73. The highest BCUT2D eigenvalue weighted by Crippen LogP contribution is 2.39. The number of halogens is 1. The van der Waals surface area contributed by atoms with Crippen LogP contribution in [0.3, 0.4) is 0 Å². The van der Waals surface area contributed by atoms with Crippen molar-refractivity contribution in [3.05, 3.63) is 0 Å². The number of rotatable bonds is 6. The van der Waals surface area contributed by atoms with Gasteiger partial charge in [0.2, 0.25) is 5.91 Å². The Morgan fingerprint density at radius 2 is 2.12 bits per heavy atom. The van der Waals surface area contributed by atoms with Gasteiger partial charge in [-0.3, -0.25) is 4.79 Å². The van der Waals surface area contributed by atoms with E-state index in [-0.39, 0.29) is 11.5 Å². The summed E-state index contributed by atoms with van der Waals surface area (Å²) in [6.45, 7) is 0.837. The molecule has 1 amide bonds. The van der Waals surface area contributed by atoms with Crippen molar-refractivity contribution >= 4 is 21.8 Å². The van der Waals surface area contributed by atoms with Gasteiger partial charge in [0.05, 0.1) is 12.0 Å². The van der Waals surface area contributed by atoms with E-state index in [0.29, 0.717) is 12.5 Å². The standard InChI is InChI=1S/C13H22BrNO2/c1-17-13(6-3-7-13)10-12(16)15(9-8-14)11-4-2-5-11/h11H,2-10H2,1H3. The summed E-state index contributed by atoms with van der Waals surface area (Å²) in [6, 6.07) is 0.494. The molecule has 2 saturated carbocycles. The second-order valence-corrected chi connectivity index (χ2v) is 6.07. The summed E-state index contributed by atoms with van der Waals surface area (Å²) in [7, 11) is 1.74. The summed E-state index contributed by atoms with van der Waals surface area (Å²) in [6.07, 6.45) is 7.49. The molecular weight excluding hydrogens is 282 g/mol. The van der Waals surface area contributed by atoms with Crippen LogP contribution < -0.4 is 0 Å². The molecule has 3 nitrogen and oxygen atoms in total. The molecule has 98 valence electrons. The van der Waals surface area contributed by atoms with Gasteiger partial charge in [-0.05, 0) is 38.5 Å². The minimum Gasteiger partial charge on any atom is -0.378 e. The van der Waals surface area contributed by atoms with Crippen LogP contribution in [-0.4, -0.2) is 41.4 Å². The van der Waals surface area contributed by atoms with Crippen LogP contribution in [0.5, 0.6) is 0 Å². The van der Waals surface area contributed by atoms with E-state index >= 15 is 0 Å². The number of hydrogen-bond acceptors (Lipinski definition) is 2. The van der Waals surface area contributed by atoms with Crippen LogP contribution in [0.2, 0.25) is 0 Å². The van der Waals surface area contributed by atoms with Gasteiger partial charge in [-0.2, -0.15) is 0 Å². The minimum absolute atomic E-state index is 0.134. The third-order valence-electron chi connectivity index (χ3n) is 4.33. The van der Waals surface area contributed by atoms with Gasteiger partial charge >= 0.3 is 0 Å². The number of carbonyl (C=O) groups excluding carboxylic acids is 1. The maximum absolute atomic E-state index is 12.4. The summed E-state index contributed by atoms with van der Waals surface area (Å²) >= 11 is 3.44. The largest absolute Gasteiger partial charge is 0.378 e. The molecule has 17 heavy (non-hydrogen) atoms. The highest BCUT2D eigenvalue weighted by atomic mass is 79.9. The molecule has 0 aromatic heterocycles. The molecule has 2 rings (SSSR count). The van der Waals surface area contributed by atoms with Crippen LogP contribution in [0, 0.1) is 0 Å². The van der Waals surface area contributed by atoms with Gasteiger partial charge in [0, 0.05) is 25.0 Å². The first-order chi connectivity index (χ1) is 8.21. The molecule has 0 atom stereocenters. The summed E-state index contributed by atoms with van der Waals surface area (Å²) in [5.41, 5.74) is -0.134. The molecule has 0 bridgehead atoms. The number of ether oxygens (including phenoxy) is 1. The molecule has 0 N–H and O–H groups in total. The van der Waals surface area contributed by atoms with Crippen LogP contribution in [0.4, 0.5) is 0 Å². The topological polar surface area (TPSA) is 29.5 Å². The SMILES string of the molecule is COC1(CC(=O)N(CCBr)C2CCC2)CCC1. The molecule has 0 aromatic carbocycles. The Hall–Kier alpha value is -0.0900. The van der Waals surface area contributed by atoms with Gasteiger partial charge < -0.3 is 9.64 Å². The average Bonchev–Trinajstić information content (AvgIpc) is 2.20. The molecule has 0 unspecified atom stereocenters. The Kier molecular flexibility index (Phi) is 4.47. The molecule has 0 aliphatic heterocycles. The second-order valence-electron chi connectivity index (χ2n) is 5.28. The molecular formula is C13H22BrNO2. The maximum Gasteiger partial charge on any atom is 0.225 e. The number of carbonyl (C=O) groups is 1. The third kappa shape index (κ3) is 2.84. The Labute approximate surface area is 112 Å². The summed E-state index contributed by atoms with van der Waals surface area (Å²) in [4.78, 5) is 14.4. The predicted molar refractivity (Wildman–Crippen MR) is 71.4 cm³/mol. The van der Waals surface area contributed by atoms with Gasteiger partial charge in [0.15, 0.2) is 0 Å². The highest BCUT2D eigenvalue weighted by molar-refractivity contribution is 9.09. The number of methoxy groups -OCH3 is 1. The summed E-state index contributed by atoms with van der Waals surface area (Å²) in [5.74, 6) is 0.288. The van der Waals surface area contributed by atoms with Crippen LogP contribution in [0.1, 0.15) is 44.9 Å². The zero-order chi connectivity index (χ0) is 12.3. The zero-order valence-electron chi connectivity index (χ0n) is 10.6. The lowest BCUT2D eigenvalue weighted by Crippen LogP contribution is -2.50. The quantitative estimate of drug-likeness (QED) is 0.706. The fraction of sp³-hybridized carbons (Fsp3) is 0.923. The average molecular weight is 304 g/mol. The fourth-order valence-electron chi connectivity index (χ4n) is 2.70. The van der Waals surface area contributed by atoms with Crippen LogP contribution in [-0.2, 0) is 9.53 Å². The van der Waals surface area contributed by atoms with Crippen molar-refractivity contribution in [2.75, 3.05) is 19.0 Å². The third-order valence-corrected chi connectivity index (χ3v) is 4.69. The van der Waals surface area contributed by atoms with E-state index in [0.717, 1.165) is 24.7 Å². The highest BCUT2D eigenvalue weighted by Gasteiger charge is 2.41. The van der Waals surface area contributed by atoms with Crippen molar-refractivity contribution in [3.63, 3.8) is 0 Å². The van der Waals surface area contributed by atoms with Crippen LogP contribution in [0.25, 0.3) is 0 Å². The van der Waals surface area contributed by atoms with E-state index < -0.39 is 0 Å². The Morgan fingerprint density at radius 3 is 2.47 bits per heavy atom. The molecule has 0 saturated heterocycles. The zero-order valence-corrected chi connectivity index (χ0v) is 12.2. The first kappa shape index (κ1) is 13.3. The molecule has 0 heterocycles. The number of nitrogens with zero attached hydrogens (tertiary/aromatic N) is 1. The molecule has 0 spiro atoms. The van der Waals surface area contributed by atoms with Gasteiger partial charge in [0.1, 0.15) is 0 Å². The van der Waals surface area contributed by atoms with Crippen LogP contribution in [0.15, 0.2) is 0 Å². The first-order valence-electron chi connectivity index (χ1n) is 6.61. The van der Waals surface area contributed by atoms with Crippen molar-refractivity contribution < 1.29 is 9.53 Å². The van der Waals surface area contributed by atoms with Crippen molar-refractivity contribution in [3.8, 4) is 0 Å². The molecule has 2 aliphatic rings. The normalized spacial score (nSPS) is 22.7. The Morgan fingerprint density at radius 1 is 1.41 bits per heavy atom. The van der Waals surface area contributed by atoms with Crippen molar-refractivity contribution in [1.29, 1.82) is 0 Å². The summed E-state index contributed by atoms with van der Waals surface area (Å²) < 4.78 is 5.54. The van der Waals surface area contributed by atoms with Crippen molar-refractivity contribution in [1.82, 2.24) is 4.90 Å². The van der Waals surface area contributed by atoms with E-state index in [2.05, 4.69) is 20.8 Å². The molecule has 2 aliphatic carbocycles. The van der Waals surface area contributed by atoms with E-state index in [4.69, 9.17) is 4.74 Å². The second kappa shape index (κ2) is 5.70. The summed E-state index contributed by atoms with van der Waals surface area (Å²) in [5, 5.41) is 0.870. The lowest BCUT2D eigenvalue weighted by molar-refractivity contribution is -0.147. The van der Waals surface area contributed by atoms with Gasteiger partial charge in [0.25, 0.3) is 0 Å². The molecule has 0 radical (unpaired) electrons. The van der Waals surface area contributed by atoms with Crippen LogP contribution >= 0.6 is 15.9 Å². The van der Waals surface area contributed by atoms with E-state index in [1.807, 2.05) is 0 Å². The van der Waals surface area contributed by atoms with Crippen molar-refractivity contribution in [2.45, 2.75) is 56.6 Å². The van der Waals surface area contributed by atoms with Gasteiger partial charge in [-0.25, -0.2) is 0 Å². The number of hydrogen-bond donors (Lipinski definition) is 0. The van der Waals surface area contributed by atoms with E-state index in [9.17, 15) is 4.79 Å². The molecule has 0 aromatic rings. The molecule has 2 fully saturated rings. The maximum atomic E-state index is 12.4. The molecule has 4 heteroatoms. The van der Waals surface area contributed by atoms with E-state index in [1.54, 1.807) is 7.11 Å². The Balaban J connectivity index is 1.91. The van der Waals surface area contributed by atoms with E-state index in [1.165, 1.54) is 25.7 Å². The lowest BCUT2D eigenvalue weighted by Gasteiger charge is -2.43. The Bertz CT molecular complexity index is 269. The number of alkyl halides is 1. The van der Waals surface area contributed by atoms with Gasteiger partial charge in [-0.15, -0.1) is 0 Å². The van der Waals surface area contributed by atoms with Gasteiger partial charge in [-0.1, -0.05) is 15.9 Å². The smallest absolute Gasteiger partial charge is 0.225 e.